The number of carbonyl (C=O) groups excluding carboxylic acids is 1. The van der Waals surface area contributed by atoms with Crippen LogP contribution in [-0.4, -0.2) is 26.6 Å². The highest BCUT2D eigenvalue weighted by molar-refractivity contribution is 8.00. The molecule has 10 heteroatoms. The van der Waals surface area contributed by atoms with E-state index in [4.69, 9.17) is 11.6 Å². The molecule has 1 aromatic carbocycles. The number of nitro benzene ring substituents is 1. The lowest BCUT2D eigenvalue weighted by Gasteiger charge is -2.11. The average Bonchev–Trinajstić information content (AvgIpc) is 3.07. The molecule has 1 aliphatic rings. The molecule has 2 aromatic heterocycles. The third-order valence-corrected chi connectivity index (χ3v) is 6.91. The molecule has 0 fully saturated rings. The average molecular weight is 435 g/mol. The minimum absolute atomic E-state index is 0.0938. The number of nitro groups is 1. The zero-order valence-electron chi connectivity index (χ0n) is 14.6. The third kappa shape index (κ3) is 3.82. The smallest absolute Gasteiger partial charge is 0.294 e. The van der Waals surface area contributed by atoms with Gasteiger partial charge in [0.1, 0.15) is 21.9 Å². The lowest BCUT2D eigenvalue weighted by Crippen LogP contribution is -2.15. The summed E-state index contributed by atoms with van der Waals surface area (Å²) in [6.07, 6.45) is 5.95. The van der Waals surface area contributed by atoms with Gasteiger partial charge in [0.2, 0.25) is 5.91 Å². The van der Waals surface area contributed by atoms with E-state index in [2.05, 4.69) is 15.3 Å². The van der Waals surface area contributed by atoms with Crippen molar-refractivity contribution in [1.82, 2.24) is 9.97 Å². The minimum Gasteiger partial charge on any atom is -0.320 e. The maximum atomic E-state index is 12.4. The fourth-order valence-corrected chi connectivity index (χ4v) is 5.54. The zero-order valence-corrected chi connectivity index (χ0v) is 17.0. The SMILES string of the molecule is O=C(CSc1ncnc2sc3c(c12)CCCC3)Nc1ccc(Cl)cc1[N+](=O)[O-]. The van der Waals surface area contributed by atoms with Crippen molar-refractivity contribution >= 4 is 62.2 Å². The summed E-state index contributed by atoms with van der Waals surface area (Å²) in [6, 6.07) is 4.15. The van der Waals surface area contributed by atoms with Gasteiger partial charge in [-0.05, 0) is 43.4 Å². The van der Waals surface area contributed by atoms with Crippen molar-refractivity contribution in [3.8, 4) is 0 Å². The number of anilines is 1. The van der Waals surface area contributed by atoms with Crippen LogP contribution in [0, 0.1) is 10.1 Å². The first-order chi connectivity index (χ1) is 13.5. The van der Waals surface area contributed by atoms with Gasteiger partial charge < -0.3 is 5.32 Å². The number of hydrogen-bond donors (Lipinski definition) is 1. The molecule has 144 valence electrons. The topological polar surface area (TPSA) is 98.0 Å². The summed E-state index contributed by atoms with van der Waals surface area (Å²) >= 11 is 8.83. The molecule has 0 saturated carbocycles. The number of fused-ring (bicyclic) bond motifs is 3. The number of rotatable bonds is 5. The van der Waals surface area contributed by atoms with Crippen molar-refractivity contribution in [2.75, 3.05) is 11.1 Å². The highest BCUT2D eigenvalue weighted by Crippen LogP contribution is 2.39. The van der Waals surface area contributed by atoms with E-state index in [0.29, 0.717) is 0 Å². The Labute approximate surface area is 173 Å². The van der Waals surface area contributed by atoms with E-state index in [9.17, 15) is 14.9 Å². The van der Waals surface area contributed by atoms with E-state index in [1.54, 1.807) is 11.3 Å². The van der Waals surface area contributed by atoms with Gasteiger partial charge in [-0.15, -0.1) is 11.3 Å². The van der Waals surface area contributed by atoms with Crippen LogP contribution in [0.5, 0.6) is 0 Å². The monoisotopic (exact) mass is 434 g/mol. The predicted octanol–water partition coefficient (Wildman–Crippen LogP) is 4.86. The van der Waals surface area contributed by atoms with E-state index in [-0.39, 0.29) is 28.1 Å². The summed E-state index contributed by atoms with van der Waals surface area (Å²) in [7, 11) is 0. The Morgan fingerprint density at radius 1 is 1.32 bits per heavy atom. The Morgan fingerprint density at radius 2 is 2.14 bits per heavy atom. The maximum absolute atomic E-state index is 12.4. The number of nitrogens with one attached hydrogen (secondary N) is 1. The minimum atomic E-state index is -0.569. The fourth-order valence-electron chi connectivity index (χ4n) is 3.25. The highest BCUT2D eigenvalue weighted by Gasteiger charge is 2.21. The van der Waals surface area contributed by atoms with Gasteiger partial charge in [-0.2, -0.15) is 0 Å². The molecule has 0 radical (unpaired) electrons. The van der Waals surface area contributed by atoms with Crippen molar-refractivity contribution in [2.45, 2.75) is 30.7 Å². The molecule has 0 bridgehead atoms. The van der Waals surface area contributed by atoms with E-state index in [1.165, 1.54) is 53.1 Å². The number of thioether (sulfide) groups is 1. The molecule has 2 heterocycles. The van der Waals surface area contributed by atoms with Gasteiger partial charge in [0.25, 0.3) is 5.69 Å². The van der Waals surface area contributed by atoms with Crippen molar-refractivity contribution < 1.29 is 9.72 Å². The van der Waals surface area contributed by atoms with E-state index in [1.807, 2.05) is 0 Å². The second kappa shape index (κ2) is 8.02. The van der Waals surface area contributed by atoms with Crippen LogP contribution >= 0.6 is 34.7 Å². The Kier molecular flexibility index (Phi) is 5.47. The van der Waals surface area contributed by atoms with Crippen LogP contribution in [0.4, 0.5) is 11.4 Å². The van der Waals surface area contributed by atoms with Gasteiger partial charge in [-0.1, -0.05) is 23.4 Å². The van der Waals surface area contributed by atoms with Crippen LogP contribution in [0.1, 0.15) is 23.3 Å². The lowest BCUT2D eigenvalue weighted by molar-refractivity contribution is -0.383. The molecular weight excluding hydrogens is 420 g/mol. The van der Waals surface area contributed by atoms with Gasteiger partial charge in [0.15, 0.2) is 0 Å². The summed E-state index contributed by atoms with van der Waals surface area (Å²) < 4.78 is 0. The van der Waals surface area contributed by atoms with Gasteiger partial charge in [-0.3, -0.25) is 14.9 Å². The normalized spacial score (nSPS) is 13.3. The zero-order chi connectivity index (χ0) is 19.7. The molecule has 0 unspecified atom stereocenters. The predicted molar refractivity (Wildman–Crippen MR) is 112 cm³/mol. The van der Waals surface area contributed by atoms with Crippen LogP contribution in [0.2, 0.25) is 5.02 Å². The van der Waals surface area contributed by atoms with Gasteiger partial charge in [0.05, 0.1) is 10.7 Å². The fraction of sp³-hybridized carbons (Fsp3) is 0.278. The molecule has 1 amide bonds. The van der Waals surface area contributed by atoms with Crippen LogP contribution in [0.15, 0.2) is 29.6 Å². The van der Waals surface area contributed by atoms with Crippen molar-refractivity contribution in [3.63, 3.8) is 0 Å². The largest absolute Gasteiger partial charge is 0.320 e. The maximum Gasteiger partial charge on any atom is 0.294 e. The summed E-state index contributed by atoms with van der Waals surface area (Å²) in [5.74, 6) is -0.248. The van der Waals surface area contributed by atoms with E-state index < -0.39 is 4.92 Å². The highest BCUT2D eigenvalue weighted by atomic mass is 35.5. The Hall–Kier alpha value is -2.23. The van der Waals surface area contributed by atoms with Gasteiger partial charge >= 0.3 is 0 Å². The van der Waals surface area contributed by atoms with Crippen LogP contribution in [0.3, 0.4) is 0 Å². The van der Waals surface area contributed by atoms with E-state index in [0.717, 1.165) is 34.5 Å². The standard InChI is InChI=1S/C18H15ClN4O3S2/c19-10-5-6-12(13(7-10)23(25)26)22-15(24)8-27-17-16-11-3-1-2-4-14(11)28-18(16)21-9-20-17/h5-7,9H,1-4,8H2,(H,22,24). The van der Waals surface area contributed by atoms with Gasteiger partial charge in [0, 0.05) is 21.4 Å². The second-order valence-electron chi connectivity index (χ2n) is 6.33. The number of nitrogens with zero attached hydrogens (tertiary/aromatic N) is 3. The van der Waals surface area contributed by atoms with Crippen LogP contribution < -0.4 is 5.32 Å². The summed E-state index contributed by atoms with van der Waals surface area (Å²) in [5, 5.41) is 15.8. The second-order valence-corrected chi connectivity index (χ2v) is 8.81. The molecule has 0 aliphatic heterocycles. The van der Waals surface area contributed by atoms with Crippen molar-refractivity contribution in [2.24, 2.45) is 0 Å². The molecule has 3 aromatic rings. The number of hydrogen-bond acceptors (Lipinski definition) is 7. The molecular formula is C18H15ClN4O3S2. The summed E-state index contributed by atoms with van der Waals surface area (Å²) in [5.41, 5.74) is 1.20. The number of thiophene rings is 1. The number of halogens is 1. The molecule has 1 aliphatic carbocycles. The number of amides is 1. The van der Waals surface area contributed by atoms with Crippen LogP contribution in [0.25, 0.3) is 10.2 Å². The molecule has 4 rings (SSSR count). The summed E-state index contributed by atoms with van der Waals surface area (Å²) in [4.78, 5) is 34.1. The number of aryl methyl sites for hydroxylation is 2. The third-order valence-electron chi connectivity index (χ3n) is 4.49. The molecule has 28 heavy (non-hydrogen) atoms. The number of aromatic nitrogens is 2. The molecule has 0 spiro atoms. The first-order valence-corrected chi connectivity index (χ1v) is 10.8. The molecule has 0 atom stereocenters. The lowest BCUT2D eigenvalue weighted by atomic mass is 9.97. The van der Waals surface area contributed by atoms with Crippen molar-refractivity contribution in [3.05, 3.63) is 50.1 Å². The molecule has 0 saturated heterocycles. The molecule has 7 nitrogen and oxygen atoms in total. The first-order valence-electron chi connectivity index (χ1n) is 8.65. The van der Waals surface area contributed by atoms with Crippen molar-refractivity contribution in [1.29, 1.82) is 0 Å². The molecule has 1 N–H and O–H groups in total. The van der Waals surface area contributed by atoms with E-state index >= 15 is 0 Å². The van der Waals surface area contributed by atoms with Gasteiger partial charge in [-0.25, -0.2) is 9.97 Å². The summed E-state index contributed by atoms with van der Waals surface area (Å²) in [6.45, 7) is 0. The van der Waals surface area contributed by atoms with Crippen LogP contribution in [-0.2, 0) is 17.6 Å². The Bertz CT molecular complexity index is 1090. The number of benzene rings is 1. The quantitative estimate of drug-likeness (QED) is 0.266. The Balaban J connectivity index is 1.52. The number of carbonyl (C=O) groups is 1. The Morgan fingerprint density at radius 3 is 2.96 bits per heavy atom. The first kappa shape index (κ1) is 19.1.